The Morgan fingerprint density at radius 1 is 1.00 bits per heavy atom. The van der Waals surface area contributed by atoms with E-state index in [4.69, 9.17) is 15.2 Å². The van der Waals surface area contributed by atoms with Gasteiger partial charge >= 0.3 is 18.1 Å². The average Bonchev–Trinajstić information content (AvgIpc) is 3.52. The topological polar surface area (TPSA) is 98.9 Å². The minimum absolute atomic E-state index is 0.00102. The van der Waals surface area contributed by atoms with Gasteiger partial charge in [0.1, 0.15) is 17.6 Å². The number of anilines is 1. The number of nitrogens with two attached hydrogens (primary N) is 1. The summed E-state index contributed by atoms with van der Waals surface area (Å²) in [5, 5.41) is 1.79. The van der Waals surface area contributed by atoms with Crippen molar-refractivity contribution in [1.82, 2.24) is 0 Å². The molecule has 0 fully saturated rings. The summed E-state index contributed by atoms with van der Waals surface area (Å²) in [7, 11) is 0. The summed E-state index contributed by atoms with van der Waals surface area (Å²) in [4.78, 5) is 43.5. The quantitative estimate of drug-likeness (QED) is 0.183. The lowest BCUT2D eigenvalue weighted by Crippen LogP contribution is -2.46. The summed E-state index contributed by atoms with van der Waals surface area (Å²) in [5.74, 6) is -6.83. The lowest BCUT2D eigenvalue weighted by Gasteiger charge is -2.43. The van der Waals surface area contributed by atoms with E-state index in [1.54, 1.807) is 31.4 Å². The van der Waals surface area contributed by atoms with E-state index in [0.717, 1.165) is 12.1 Å². The van der Waals surface area contributed by atoms with Gasteiger partial charge in [-0.05, 0) is 62.0 Å². The van der Waals surface area contributed by atoms with Gasteiger partial charge in [-0.1, -0.05) is 24.3 Å². The van der Waals surface area contributed by atoms with Crippen molar-refractivity contribution in [2.24, 2.45) is 11.7 Å². The van der Waals surface area contributed by atoms with E-state index in [1.807, 2.05) is 0 Å². The standard InChI is InChI=1S/C32H28F4N2O5S/c1-3-42-30(40)25-20(23-10-7-15-44-23)16-22-26(28(25)39)24(19-8-5-6-9-21(19)33)27(31(41)43-4-2)29(37)38(22)18-13-11-17(12-14-18)32(34,35)36/h5-15,20,24-25H,3-4,16,37H2,1-2H3/t20-,24-,25+/m0/s1. The number of Topliss-reactive ketones (excluding diaryl/α,β-unsaturated/α-hetero) is 1. The monoisotopic (exact) mass is 628 g/mol. The van der Waals surface area contributed by atoms with Crippen LogP contribution in [0.5, 0.6) is 0 Å². The van der Waals surface area contributed by atoms with Crippen molar-refractivity contribution >= 4 is 34.7 Å². The van der Waals surface area contributed by atoms with Crippen molar-refractivity contribution in [3.63, 3.8) is 0 Å². The fourth-order valence-electron chi connectivity index (χ4n) is 5.82. The van der Waals surface area contributed by atoms with Gasteiger partial charge in [0.15, 0.2) is 5.78 Å². The molecule has 0 spiro atoms. The molecule has 0 saturated heterocycles. The maximum atomic E-state index is 15.5. The highest BCUT2D eigenvalue weighted by Crippen LogP contribution is 2.52. The van der Waals surface area contributed by atoms with E-state index >= 15 is 4.39 Å². The Labute approximate surface area is 254 Å². The molecule has 2 heterocycles. The fourth-order valence-corrected chi connectivity index (χ4v) is 6.69. The van der Waals surface area contributed by atoms with Crippen molar-refractivity contribution in [2.75, 3.05) is 18.1 Å². The Morgan fingerprint density at radius 3 is 2.27 bits per heavy atom. The summed E-state index contributed by atoms with van der Waals surface area (Å²) in [6.45, 7) is 3.09. The van der Waals surface area contributed by atoms with Crippen LogP contribution in [0.2, 0.25) is 0 Å². The van der Waals surface area contributed by atoms with Crippen LogP contribution < -0.4 is 10.6 Å². The van der Waals surface area contributed by atoms with E-state index < -0.39 is 53.0 Å². The molecular weight excluding hydrogens is 600 g/mol. The summed E-state index contributed by atoms with van der Waals surface area (Å²) in [6.07, 6.45) is -4.61. The number of halogens is 4. The average molecular weight is 629 g/mol. The smallest absolute Gasteiger partial charge is 0.416 e. The number of ketones is 1. The van der Waals surface area contributed by atoms with Crippen LogP contribution >= 0.6 is 11.3 Å². The highest BCUT2D eigenvalue weighted by Gasteiger charge is 2.52. The van der Waals surface area contributed by atoms with Crippen molar-refractivity contribution in [3.05, 3.63) is 111 Å². The fraction of sp³-hybridized carbons (Fsp3) is 0.281. The molecule has 7 nitrogen and oxygen atoms in total. The van der Waals surface area contributed by atoms with Gasteiger partial charge < -0.3 is 15.2 Å². The van der Waals surface area contributed by atoms with Crippen LogP contribution in [0.4, 0.5) is 23.2 Å². The zero-order valence-electron chi connectivity index (χ0n) is 23.7. The molecule has 2 aliphatic rings. The van der Waals surface area contributed by atoms with Crippen molar-refractivity contribution in [1.29, 1.82) is 0 Å². The third-order valence-corrected chi connectivity index (χ3v) is 8.66. The van der Waals surface area contributed by atoms with Gasteiger partial charge in [0.25, 0.3) is 0 Å². The predicted octanol–water partition coefficient (Wildman–Crippen LogP) is 6.43. The first-order chi connectivity index (χ1) is 21.0. The second kappa shape index (κ2) is 12.3. The molecule has 2 aromatic carbocycles. The number of hydrogen-bond acceptors (Lipinski definition) is 8. The molecule has 3 atom stereocenters. The molecule has 0 amide bonds. The molecule has 2 N–H and O–H groups in total. The first-order valence-corrected chi connectivity index (χ1v) is 14.7. The van der Waals surface area contributed by atoms with Crippen molar-refractivity contribution in [3.8, 4) is 0 Å². The van der Waals surface area contributed by atoms with Crippen molar-refractivity contribution < 1.29 is 41.4 Å². The maximum Gasteiger partial charge on any atom is 0.416 e. The number of esters is 2. The predicted molar refractivity (Wildman–Crippen MR) is 155 cm³/mol. The Morgan fingerprint density at radius 2 is 1.68 bits per heavy atom. The van der Waals surface area contributed by atoms with Crippen LogP contribution in [0.3, 0.4) is 0 Å². The molecule has 230 valence electrons. The summed E-state index contributed by atoms with van der Waals surface area (Å²) >= 11 is 1.32. The second-order valence-corrected chi connectivity index (χ2v) is 11.1. The number of carbonyl (C=O) groups is 3. The maximum absolute atomic E-state index is 15.5. The lowest BCUT2D eigenvalue weighted by molar-refractivity contribution is -0.152. The van der Waals surface area contributed by atoms with E-state index in [9.17, 15) is 27.6 Å². The molecule has 12 heteroatoms. The number of nitrogens with zero attached hydrogens (tertiary/aromatic N) is 1. The SMILES string of the molecule is CCOC(=O)C1=C(N)N(c2ccc(C(F)(F)F)cc2)C2=C(C(=O)[C@H](C(=O)OCC)[C@H](c3cccs3)C2)[C@@H]1c1ccccc1F. The Bertz CT molecular complexity index is 1650. The van der Waals surface area contributed by atoms with Gasteiger partial charge in [0, 0.05) is 33.3 Å². The summed E-state index contributed by atoms with van der Waals surface area (Å²) in [6, 6.07) is 13.2. The number of hydrogen-bond donors (Lipinski definition) is 1. The van der Waals surface area contributed by atoms with Gasteiger partial charge in [-0.3, -0.25) is 14.5 Å². The molecule has 44 heavy (non-hydrogen) atoms. The van der Waals surface area contributed by atoms with E-state index in [0.29, 0.717) is 4.88 Å². The Hall–Kier alpha value is -4.45. The van der Waals surface area contributed by atoms with Crippen LogP contribution in [-0.2, 0) is 30.0 Å². The number of carbonyl (C=O) groups excluding carboxylic acids is 3. The summed E-state index contributed by atoms with van der Waals surface area (Å²) in [5.41, 5.74) is 5.70. The minimum atomic E-state index is -4.61. The highest BCUT2D eigenvalue weighted by atomic mass is 32.1. The second-order valence-electron chi connectivity index (χ2n) is 10.1. The van der Waals surface area contributed by atoms with Gasteiger partial charge in [0.2, 0.25) is 0 Å². The number of benzene rings is 2. The Balaban J connectivity index is 1.82. The van der Waals surface area contributed by atoms with Crippen LogP contribution in [0.1, 0.15) is 48.1 Å². The third kappa shape index (κ3) is 5.49. The van der Waals surface area contributed by atoms with E-state index in [-0.39, 0.29) is 53.5 Å². The normalized spacial score (nSPS) is 20.5. The molecule has 5 rings (SSSR count). The molecule has 0 bridgehead atoms. The van der Waals surface area contributed by atoms with Crippen LogP contribution in [0.25, 0.3) is 0 Å². The molecule has 1 aromatic heterocycles. The van der Waals surface area contributed by atoms with Gasteiger partial charge in [-0.25, -0.2) is 9.18 Å². The van der Waals surface area contributed by atoms with Crippen LogP contribution in [0, 0.1) is 11.7 Å². The number of rotatable bonds is 7. The highest BCUT2D eigenvalue weighted by molar-refractivity contribution is 7.10. The van der Waals surface area contributed by atoms with E-state index in [2.05, 4.69) is 0 Å². The molecule has 1 aliphatic heterocycles. The molecule has 0 radical (unpaired) electrons. The number of allylic oxidation sites excluding steroid dienone is 2. The molecular formula is C32H28F4N2O5S. The van der Waals surface area contributed by atoms with Gasteiger partial charge in [-0.2, -0.15) is 13.2 Å². The molecule has 1 aliphatic carbocycles. The number of thiophene rings is 1. The minimum Gasteiger partial charge on any atom is -0.465 e. The molecule has 0 unspecified atom stereocenters. The number of alkyl halides is 3. The Kier molecular flexibility index (Phi) is 8.64. The molecule has 3 aromatic rings. The van der Waals surface area contributed by atoms with Gasteiger partial charge in [-0.15, -0.1) is 11.3 Å². The zero-order chi connectivity index (χ0) is 31.8. The van der Waals surface area contributed by atoms with Crippen molar-refractivity contribution in [2.45, 2.75) is 38.3 Å². The zero-order valence-corrected chi connectivity index (χ0v) is 24.5. The van der Waals surface area contributed by atoms with E-state index in [1.165, 1.54) is 52.6 Å². The van der Waals surface area contributed by atoms with Gasteiger partial charge in [0.05, 0.1) is 30.3 Å². The first-order valence-electron chi connectivity index (χ1n) is 13.8. The largest absolute Gasteiger partial charge is 0.465 e. The third-order valence-electron chi connectivity index (χ3n) is 7.65. The lowest BCUT2D eigenvalue weighted by atomic mass is 9.68. The number of ether oxygens (including phenoxy) is 2. The van der Waals surface area contributed by atoms with Crippen LogP contribution in [-0.4, -0.2) is 30.9 Å². The van der Waals surface area contributed by atoms with Crippen LogP contribution in [0.15, 0.2) is 88.7 Å². The first kappa shape index (κ1) is 31.0. The summed E-state index contributed by atoms with van der Waals surface area (Å²) < 4.78 is 66.4. The molecule has 0 saturated carbocycles.